The van der Waals surface area contributed by atoms with Crippen molar-refractivity contribution in [1.29, 1.82) is 0 Å². The van der Waals surface area contributed by atoms with Crippen LogP contribution in [0, 0.1) is 0 Å². The lowest BCUT2D eigenvalue weighted by atomic mass is 9.97. The van der Waals surface area contributed by atoms with Crippen molar-refractivity contribution in [3.63, 3.8) is 0 Å². The molecule has 0 N–H and O–H groups in total. The van der Waals surface area contributed by atoms with Crippen LogP contribution in [0.3, 0.4) is 0 Å². The fourth-order valence-corrected chi connectivity index (χ4v) is 14.3. The van der Waals surface area contributed by atoms with Crippen LogP contribution in [0.5, 0.6) is 0 Å². The Labute approximate surface area is 459 Å². The molecule has 6 heterocycles. The van der Waals surface area contributed by atoms with E-state index in [2.05, 4.69) is 240 Å². The lowest BCUT2D eigenvalue weighted by molar-refractivity contribution is 0.673. The average Bonchev–Trinajstić information content (AvgIpc) is 4.45. The molecule has 0 saturated carbocycles. The molecule has 0 atom stereocenters. The number of para-hydroxylation sites is 4. The summed E-state index contributed by atoms with van der Waals surface area (Å²) in [6.45, 7) is 0. The summed E-state index contributed by atoms with van der Waals surface area (Å²) in [5, 5.41) is 15.8. The lowest BCUT2D eigenvalue weighted by Gasteiger charge is -2.13. The molecule has 0 radical (unpaired) electrons. The Morgan fingerprint density at radius 3 is 1.48 bits per heavy atom. The molecule has 0 spiro atoms. The van der Waals surface area contributed by atoms with E-state index in [1.165, 1.54) is 41.7 Å². The summed E-state index contributed by atoms with van der Waals surface area (Å²) in [5.41, 5.74) is 13.6. The minimum absolute atomic E-state index is 0.619. The van der Waals surface area contributed by atoms with Crippen LogP contribution in [-0.2, 0) is 0 Å². The van der Waals surface area contributed by atoms with Gasteiger partial charge >= 0.3 is 0 Å². The number of rotatable bonds is 5. The number of benzene rings is 12. The Morgan fingerprint density at radius 1 is 0.312 bits per heavy atom. The van der Waals surface area contributed by atoms with E-state index < -0.39 is 0 Å². The van der Waals surface area contributed by atoms with Crippen molar-refractivity contribution < 1.29 is 4.42 Å². The first-order valence-corrected chi connectivity index (χ1v) is 27.8. The molecule has 18 aromatic rings. The van der Waals surface area contributed by atoms with Gasteiger partial charge in [-0.05, 0) is 59.7 Å². The van der Waals surface area contributed by atoms with Gasteiger partial charge in [-0.1, -0.05) is 194 Å². The third-order valence-electron chi connectivity index (χ3n) is 16.5. The zero-order valence-electron chi connectivity index (χ0n) is 42.6. The van der Waals surface area contributed by atoms with Crippen molar-refractivity contribution in [2.24, 2.45) is 0 Å². The molecule has 7 nitrogen and oxygen atoms in total. The zero-order chi connectivity index (χ0) is 52.2. The molecular weight excluding hydrogens is 997 g/mol. The second-order valence-corrected chi connectivity index (χ2v) is 21.8. The molecule has 12 aromatic carbocycles. The number of fused-ring (bicyclic) bond motifs is 22. The van der Waals surface area contributed by atoms with E-state index in [0.29, 0.717) is 11.9 Å². The van der Waals surface area contributed by atoms with E-state index >= 15 is 0 Å². The van der Waals surface area contributed by atoms with Crippen molar-refractivity contribution in [2.45, 2.75) is 0 Å². The number of nitrogens with zero attached hydrogens (tertiary/aromatic N) is 6. The Bertz CT molecular complexity index is 5690. The van der Waals surface area contributed by atoms with Gasteiger partial charge in [0, 0.05) is 95.9 Å². The predicted octanol–water partition coefficient (Wildman–Crippen LogP) is 19.3. The van der Waals surface area contributed by atoms with Gasteiger partial charge in [0.25, 0.3) is 0 Å². The number of thiophene rings is 1. The van der Waals surface area contributed by atoms with Gasteiger partial charge in [0.15, 0.2) is 0 Å². The van der Waals surface area contributed by atoms with Crippen LogP contribution < -0.4 is 0 Å². The average molecular weight is 1040 g/mol. The Hall–Kier alpha value is -10.5. The van der Waals surface area contributed by atoms with Crippen LogP contribution in [0.1, 0.15) is 0 Å². The van der Waals surface area contributed by atoms with Crippen LogP contribution in [0.25, 0.3) is 175 Å². The first-order chi connectivity index (χ1) is 39.7. The Balaban J connectivity index is 0.835. The van der Waals surface area contributed by atoms with E-state index in [1.807, 2.05) is 23.5 Å². The smallest absolute Gasteiger partial charge is 0.235 e. The van der Waals surface area contributed by atoms with Crippen LogP contribution in [0.15, 0.2) is 247 Å². The second kappa shape index (κ2) is 16.5. The number of hydrogen-bond acceptors (Lipinski definition) is 6. The zero-order valence-corrected chi connectivity index (χ0v) is 43.4. The first kappa shape index (κ1) is 43.5. The highest BCUT2D eigenvalue weighted by Gasteiger charge is 2.27. The number of aromatic nitrogens is 6. The number of furan rings is 1. The van der Waals surface area contributed by atoms with Crippen molar-refractivity contribution in [3.8, 4) is 45.5 Å². The molecule has 8 heteroatoms. The normalized spacial score (nSPS) is 12.2. The van der Waals surface area contributed by atoms with Gasteiger partial charge in [-0.25, -0.2) is 19.9 Å². The van der Waals surface area contributed by atoms with Gasteiger partial charge in [0.2, 0.25) is 11.9 Å². The molecule has 0 aliphatic rings. The molecule has 18 rings (SSSR count). The van der Waals surface area contributed by atoms with Crippen molar-refractivity contribution in [3.05, 3.63) is 243 Å². The van der Waals surface area contributed by atoms with Crippen molar-refractivity contribution >= 4 is 140 Å². The molecule has 80 heavy (non-hydrogen) atoms. The van der Waals surface area contributed by atoms with Gasteiger partial charge < -0.3 is 4.42 Å². The van der Waals surface area contributed by atoms with E-state index in [-0.39, 0.29) is 0 Å². The van der Waals surface area contributed by atoms with E-state index in [4.69, 9.17) is 24.4 Å². The molecule has 0 aliphatic heterocycles. The highest BCUT2D eigenvalue weighted by Crippen LogP contribution is 2.50. The molecular formula is C72H40N6OS. The lowest BCUT2D eigenvalue weighted by Crippen LogP contribution is -2.03. The maximum absolute atomic E-state index is 7.15. The third kappa shape index (κ3) is 6.08. The topological polar surface area (TPSA) is 74.6 Å². The number of hydrogen-bond donors (Lipinski definition) is 0. The van der Waals surface area contributed by atoms with E-state index in [9.17, 15) is 0 Å². The third-order valence-corrected chi connectivity index (χ3v) is 17.7. The summed E-state index contributed by atoms with van der Waals surface area (Å²) in [4.78, 5) is 21.8. The second-order valence-electron chi connectivity index (χ2n) is 20.8. The van der Waals surface area contributed by atoms with E-state index in [0.717, 1.165) is 121 Å². The largest absolute Gasteiger partial charge is 0.455 e. The van der Waals surface area contributed by atoms with Crippen LogP contribution in [-0.4, -0.2) is 29.1 Å². The van der Waals surface area contributed by atoms with Gasteiger partial charge in [-0.2, -0.15) is 0 Å². The monoisotopic (exact) mass is 1040 g/mol. The van der Waals surface area contributed by atoms with Gasteiger partial charge in [0.1, 0.15) is 11.2 Å². The molecule has 0 saturated heterocycles. The predicted molar refractivity (Wildman–Crippen MR) is 333 cm³/mol. The molecule has 0 aliphatic carbocycles. The van der Waals surface area contributed by atoms with Gasteiger partial charge in [-0.15, -0.1) is 11.3 Å². The summed E-state index contributed by atoms with van der Waals surface area (Å²) < 4.78 is 14.3. The summed E-state index contributed by atoms with van der Waals surface area (Å²) in [6, 6.07) is 86.1. The fraction of sp³-hybridized carbons (Fsp3) is 0. The summed E-state index contributed by atoms with van der Waals surface area (Å²) in [7, 11) is 0. The van der Waals surface area contributed by atoms with Gasteiger partial charge in [-0.3, -0.25) is 9.13 Å². The maximum atomic E-state index is 7.15. The van der Waals surface area contributed by atoms with Crippen LogP contribution in [0.2, 0.25) is 0 Å². The van der Waals surface area contributed by atoms with Crippen molar-refractivity contribution in [2.75, 3.05) is 0 Å². The van der Waals surface area contributed by atoms with Crippen LogP contribution >= 0.6 is 11.3 Å². The minimum atomic E-state index is 0.619. The summed E-state index contributed by atoms with van der Waals surface area (Å²) >= 11 is 1.87. The van der Waals surface area contributed by atoms with Crippen molar-refractivity contribution in [1.82, 2.24) is 29.1 Å². The van der Waals surface area contributed by atoms with Crippen LogP contribution in [0.4, 0.5) is 0 Å². The SMILES string of the molecule is c1ccc(-c2nc(-n3c4ccccc4c4c5c6ccc(-c7cccc(-c8nc(-n9c%10ccccc%10c%10c%11c%12ccccc%12sc%11c%11ccccc%11c%109)nc9ccccc89)c7)cc6oc5c5ccccc5c43)nc3ccccc23)cc1. The highest BCUT2D eigenvalue weighted by atomic mass is 32.1. The standard InChI is InChI=1S/C72H40N6OS/c1-2-19-41(20-3-1)65-49-27-8-13-32-55(49)73-71(75-65)77-57-34-15-10-29-51(57)61-63-53-38-37-43(40-59(53)79-69(63)47-25-6-4-23-45(47)67(61)77)42-21-18-22-44(39-42)66-50-28-9-14-33-56(50)74-72(76-66)78-58-35-16-11-30-52(58)62-64-54-31-12-17-36-60(54)80-70(64)48-26-7-5-24-46(48)68(62)78/h1-40H. The molecule has 0 bridgehead atoms. The Morgan fingerprint density at radius 2 is 0.800 bits per heavy atom. The molecule has 0 amide bonds. The Kier molecular flexibility index (Phi) is 8.98. The maximum Gasteiger partial charge on any atom is 0.235 e. The molecule has 6 aromatic heterocycles. The summed E-state index contributed by atoms with van der Waals surface area (Å²) in [5.74, 6) is 1.25. The minimum Gasteiger partial charge on any atom is -0.455 e. The molecule has 0 fully saturated rings. The molecule has 370 valence electrons. The fourth-order valence-electron chi connectivity index (χ4n) is 13.1. The van der Waals surface area contributed by atoms with Gasteiger partial charge in [0.05, 0.1) is 44.5 Å². The first-order valence-electron chi connectivity index (χ1n) is 27.0. The molecule has 0 unspecified atom stereocenters. The summed E-state index contributed by atoms with van der Waals surface area (Å²) in [6.07, 6.45) is 0. The van der Waals surface area contributed by atoms with E-state index in [1.54, 1.807) is 0 Å². The highest BCUT2D eigenvalue weighted by molar-refractivity contribution is 7.27. The quantitative estimate of drug-likeness (QED) is 0.172.